The summed E-state index contributed by atoms with van der Waals surface area (Å²) in [6, 6.07) is 18.3. The molecule has 4 nitrogen and oxygen atoms in total. The van der Waals surface area contributed by atoms with Gasteiger partial charge in [-0.15, -0.1) is 0 Å². The number of nitrogens with one attached hydrogen (secondary N) is 2. The fourth-order valence-corrected chi connectivity index (χ4v) is 2.81. The summed E-state index contributed by atoms with van der Waals surface area (Å²) in [7, 11) is 0. The number of hydrogen-bond acceptors (Lipinski definition) is 2. The second-order valence-electron chi connectivity index (χ2n) is 5.18. The third-order valence-electron chi connectivity index (χ3n) is 3.81. The lowest BCUT2D eigenvalue weighted by atomic mass is 9.99. The van der Waals surface area contributed by atoms with Crippen molar-refractivity contribution >= 4 is 21.8 Å². The van der Waals surface area contributed by atoms with E-state index in [0.717, 1.165) is 32.9 Å². The second-order valence-corrected chi connectivity index (χ2v) is 5.18. The molecule has 2 N–H and O–H groups in total. The van der Waals surface area contributed by atoms with Crippen LogP contribution in [0.5, 0.6) is 0 Å². The number of aromatic nitrogens is 2. The Morgan fingerprint density at radius 2 is 1.00 bits per heavy atom. The topological polar surface area (TPSA) is 65.7 Å². The van der Waals surface area contributed by atoms with Gasteiger partial charge in [0.15, 0.2) is 0 Å². The molecule has 0 saturated heterocycles. The molecule has 2 heterocycles. The van der Waals surface area contributed by atoms with Crippen molar-refractivity contribution < 1.29 is 0 Å². The number of rotatable bonds is 1. The maximum atomic E-state index is 11.7. The van der Waals surface area contributed by atoms with Crippen molar-refractivity contribution in [3.05, 3.63) is 81.4 Å². The van der Waals surface area contributed by atoms with Crippen molar-refractivity contribution in [3.63, 3.8) is 0 Å². The first-order chi connectivity index (χ1) is 10.7. The molecule has 0 amide bonds. The molecule has 0 bridgehead atoms. The number of hydrogen-bond donors (Lipinski definition) is 2. The molecule has 0 spiro atoms. The molecule has 4 aromatic rings. The highest BCUT2D eigenvalue weighted by Gasteiger charge is 2.08. The number of H-pyrrole nitrogens is 2. The normalized spacial score (nSPS) is 11.1. The van der Waals surface area contributed by atoms with Crippen LogP contribution in [0.1, 0.15) is 0 Å². The van der Waals surface area contributed by atoms with E-state index in [1.807, 2.05) is 36.4 Å². The van der Waals surface area contributed by atoms with E-state index >= 15 is 0 Å². The van der Waals surface area contributed by atoms with E-state index in [4.69, 9.17) is 0 Å². The third-order valence-corrected chi connectivity index (χ3v) is 3.81. The first-order valence-electron chi connectivity index (χ1n) is 6.97. The highest BCUT2D eigenvalue weighted by molar-refractivity contribution is 6.02. The number of benzene rings is 2. The molecule has 22 heavy (non-hydrogen) atoms. The maximum Gasteiger partial charge on any atom is 0.248 e. The standard InChI is InChI=1S/C18H12N2O2/c21-15-9-7-11-3-1-5-13(17(11)19-15)14-6-2-4-12-8-10-16(22)20-18(12)14/h1-10H,(H,19,21)(H,20,22). The van der Waals surface area contributed by atoms with Crippen LogP contribution in [0.15, 0.2) is 70.3 Å². The smallest absolute Gasteiger partial charge is 0.248 e. The number of aromatic amines is 2. The highest BCUT2D eigenvalue weighted by atomic mass is 16.1. The van der Waals surface area contributed by atoms with Crippen LogP contribution in [0, 0.1) is 0 Å². The summed E-state index contributed by atoms with van der Waals surface area (Å²) < 4.78 is 0. The molecule has 2 aromatic heterocycles. The van der Waals surface area contributed by atoms with Gasteiger partial charge in [-0.25, -0.2) is 0 Å². The quantitative estimate of drug-likeness (QED) is 0.565. The Hall–Kier alpha value is -3.14. The summed E-state index contributed by atoms with van der Waals surface area (Å²) in [4.78, 5) is 29.1. The number of para-hydroxylation sites is 2. The Kier molecular flexibility index (Phi) is 2.69. The molecule has 0 fully saturated rings. The van der Waals surface area contributed by atoms with Crippen molar-refractivity contribution in [1.29, 1.82) is 0 Å². The molecule has 0 radical (unpaired) electrons. The lowest BCUT2D eigenvalue weighted by Crippen LogP contribution is -2.05. The summed E-state index contributed by atoms with van der Waals surface area (Å²) in [5.41, 5.74) is 3.03. The van der Waals surface area contributed by atoms with Crippen molar-refractivity contribution in [2.24, 2.45) is 0 Å². The van der Waals surface area contributed by atoms with Gasteiger partial charge in [0.1, 0.15) is 0 Å². The molecule has 0 saturated carbocycles. The molecule has 4 heteroatoms. The lowest BCUT2D eigenvalue weighted by Gasteiger charge is -2.09. The van der Waals surface area contributed by atoms with Crippen LogP contribution in [-0.4, -0.2) is 9.97 Å². The van der Waals surface area contributed by atoms with E-state index in [1.165, 1.54) is 12.1 Å². The fraction of sp³-hybridized carbons (Fsp3) is 0. The van der Waals surface area contributed by atoms with Gasteiger partial charge in [-0.05, 0) is 22.9 Å². The van der Waals surface area contributed by atoms with E-state index in [9.17, 15) is 9.59 Å². The lowest BCUT2D eigenvalue weighted by molar-refractivity contribution is 1.30. The van der Waals surface area contributed by atoms with Gasteiger partial charge in [-0.1, -0.05) is 36.4 Å². The summed E-state index contributed by atoms with van der Waals surface area (Å²) in [5.74, 6) is 0. The van der Waals surface area contributed by atoms with Crippen molar-refractivity contribution in [1.82, 2.24) is 9.97 Å². The summed E-state index contributed by atoms with van der Waals surface area (Å²) >= 11 is 0. The molecular formula is C18H12N2O2. The average molecular weight is 288 g/mol. The molecule has 0 unspecified atom stereocenters. The van der Waals surface area contributed by atoms with E-state index in [-0.39, 0.29) is 11.1 Å². The van der Waals surface area contributed by atoms with Gasteiger partial charge in [-0.3, -0.25) is 9.59 Å². The van der Waals surface area contributed by atoms with Gasteiger partial charge in [-0.2, -0.15) is 0 Å². The maximum absolute atomic E-state index is 11.7. The molecule has 0 aliphatic rings. The van der Waals surface area contributed by atoms with Gasteiger partial charge in [0.2, 0.25) is 11.1 Å². The van der Waals surface area contributed by atoms with Crippen LogP contribution < -0.4 is 11.1 Å². The van der Waals surface area contributed by atoms with Crippen LogP contribution in [0.3, 0.4) is 0 Å². The van der Waals surface area contributed by atoms with Crippen LogP contribution in [-0.2, 0) is 0 Å². The Morgan fingerprint density at radius 1 is 0.545 bits per heavy atom. The third kappa shape index (κ3) is 1.93. The minimum absolute atomic E-state index is 0.145. The SMILES string of the molecule is O=c1ccc2cccc(-c3cccc4ccc(=O)[nH]c34)c2[nH]1. The largest absolute Gasteiger partial charge is 0.321 e. The van der Waals surface area contributed by atoms with Gasteiger partial charge < -0.3 is 9.97 Å². The Morgan fingerprint density at radius 3 is 1.45 bits per heavy atom. The van der Waals surface area contributed by atoms with E-state index in [2.05, 4.69) is 9.97 Å². The number of fused-ring (bicyclic) bond motifs is 2. The molecule has 2 aromatic carbocycles. The summed E-state index contributed by atoms with van der Waals surface area (Å²) in [6.07, 6.45) is 0. The van der Waals surface area contributed by atoms with Crippen molar-refractivity contribution in [2.75, 3.05) is 0 Å². The molecule has 0 aliphatic carbocycles. The van der Waals surface area contributed by atoms with Crippen LogP contribution in [0.2, 0.25) is 0 Å². The monoisotopic (exact) mass is 288 g/mol. The van der Waals surface area contributed by atoms with Crippen LogP contribution in [0.25, 0.3) is 32.9 Å². The zero-order valence-electron chi connectivity index (χ0n) is 11.6. The Balaban J connectivity index is 2.16. The first-order valence-corrected chi connectivity index (χ1v) is 6.97. The van der Waals surface area contributed by atoms with Crippen molar-refractivity contribution in [3.8, 4) is 11.1 Å². The minimum atomic E-state index is -0.145. The molecular weight excluding hydrogens is 276 g/mol. The Labute approximate surface area is 125 Å². The van der Waals surface area contributed by atoms with Gasteiger partial charge in [0.05, 0.1) is 11.0 Å². The summed E-state index contributed by atoms with van der Waals surface area (Å²) in [5, 5.41) is 1.90. The van der Waals surface area contributed by atoms with E-state index < -0.39 is 0 Å². The molecule has 4 rings (SSSR count). The Bertz CT molecular complexity index is 1030. The van der Waals surface area contributed by atoms with Crippen LogP contribution in [0.4, 0.5) is 0 Å². The zero-order valence-corrected chi connectivity index (χ0v) is 11.6. The number of pyridine rings is 2. The van der Waals surface area contributed by atoms with Gasteiger partial charge in [0, 0.05) is 23.3 Å². The fourth-order valence-electron chi connectivity index (χ4n) is 2.81. The van der Waals surface area contributed by atoms with E-state index in [1.54, 1.807) is 12.1 Å². The first kappa shape index (κ1) is 12.6. The predicted molar refractivity (Wildman–Crippen MR) is 88.1 cm³/mol. The molecule has 0 aliphatic heterocycles. The van der Waals surface area contributed by atoms with Gasteiger partial charge in [0.25, 0.3) is 0 Å². The second kappa shape index (κ2) is 4.70. The molecule has 0 atom stereocenters. The average Bonchev–Trinajstić information content (AvgIpc) is 2.54. The van der Waals surface area contributed by atoms with Gasteiger partial charge >= 0.3 is 0 Å². The predicted octanol–water partition coefficient (Wildman–Crippen LogP) is 3.04. The minimum Gasteiger partial charge on any atom is -0.321 e. The zero-order chi connectivity index (χ0) is 15.1. The summed E-state index contributed by atoms with van der Waals surface area (Å²) in [6.45, 7) is 0. The van der Waals surface area contributed by atoms with E-state index in [0.29, 0.717) is 0 Å². The highest BCUT2D eigenvalue weighted by Crippen LogP contribution is 2.30. The molecule has 106 valence electrons. The van der Waals surface area contributed by atoms with Crippen LogP contribution >= 0.6 is 0 Å². The van der Waals surface area contributed by atoms with Crippen molar-refractivity contribution in [2.45, 2.75) is 0 Å².